The fraction of sp³-hybridized carbons (Fsp3) is 0.222. The third-order valence-electron chi connectivity index (χ3n) is 6.25. The maximum atomic E-state index is 12.9. The van der Waals surface area contributed by atoms with Crippen LogP contribution in [0.4, 0.5) is 0 Å². The molecular formula is C27H23ClN2O3S2. The van der Waals surface area contributed by atoms with Crippen LogP contribution in [0.3, 0.4) is 0 Å². The molecule has 0 bridgehead atoms. The van der Waals surface area contributed by atoms with Crippen molar-refractivity contribution in [2.45, 2.75) is 30.0 Å². The molecule has 3 aromatic carbocycles. The Morgan fingerprint density at radius 3 is 2.66 bits per heavy atom. The number of nitrogens with one attached hydrogen (secondary N) is 1. The summed E-state index contributed by atoms with van der Waals surface area (Å²) >= 11 is 8.89. The van der Waals surface area contributed by atoms with Crippen LogP contribution in [0, 0.1) is 5.92 Å². The average Bonchev–Trinajstić information content (AvgIpc) is 3.46. The van der Waals surface area contributed by atoms with Crippen LogP contribution in [0.2, 0.25) is 5.02 Å². The van der Waals surface area contributed by atoms with E-state index < -0.39 is 5.97 Å². The number of benzene rings is 3. The molecule has 1 N–H and O–H groups in total. The molecule has 2 atom stereocenters. The molecular weight excluding hydrogens is 500 g/mol. The first kappa shape index (κ1) is 23.9. The van der Waals surface area contributed by atoms with E-state index in [1.807, 2.05) is 48.5 Å². The molecule has 1 aliphatic rings. The minimum Gasteiger partial charge on any atom is -0.340 e. The molecule has 0 saturated heterocycles. The van der Waals surface area contributed by atoms with Gasteiger partial charge in [0.1, 0.15) is 0 Å². The van der Waals surface area contributed by atoms with E-state index in [9.17, 15) is 9.59 Å². The molecule has 1 amide bonds. The van der Waals surface area contributed by atoms with Crippen LogP contribution >= 0.6 is 34.7 Å². The van der Waals surface area contributed by atoms with E-state index in [0.29, 0.717) is 11.4 Å². The maximum absolute atomic E-state index is 12.9. The summed E-state index contributed by atoms with van der Waals surface area (Å²) < 4.78 is 1.88. The number of hydroxylamine groups is 1. The molecule has 1 heterocycles. The highest BCUT2D eigenvalue weighted by atomic mass is 35.5. The van der Waals surface area contributed by atoms with Gasteiger partial charge >= 0.3 is 5.97 Å². The third kappa shape index (κ3) is 5.22. The van der Waals surface area contributed by atoms with Crippen molar-refractivity contribution in [3.8, 4) is 11.1 Å². The summed E-state index contributed by atoms with van der Waals surface area (Å²) in [6, 6.07) is 21.9. The second kappa shape index (κ2) is 10.4. The lowest BCUT2D eigenvalue weighted by molar-refractivity contribution is -0.162. The Morgan fingerprint density at radius 2 is 1.89 bits per heavy atom. The van der Waals surface area contributed by atoms with Crippen molar-refractivity contribution in [3.05, 3.63) is 82.9 Å². The van der Waals surface area contributed by atoms with Gasteiger partial charge in [-0.05, 0) is 65.3 Å². The van der Waals surface area contributed by atoms with Crippen LogP contribution in [0.15, 0.2) is 71.1 Å². The fourth-order valence-corrected chi connectivity index (χ4v) is 6.55. The Bertz CT molecular complexity index is 1350. The lowest BCUT2D eigenvalue weighted by Crippen LogP contribution is -2.33. The van der Waals surface area contributed by atoms with Gasteiger partial charge in [0.05, 0.1) is 21.9 Å². The summed E-state index contributed by atoms with van der Waals surface area (Å²) in [5.74, 6) is -0.909. The van der Waals surface area contributed by atoms with E-state index in [1.165, 1.54) is 28.7 Å². The minimum absolute atomic E-state index is 0.0609. The molecule has 178 valence electrons. The maximum Gasteiger partial charge on any atom is 0.336 e. The number of halogens is 1. The van der Waals surface area contributed by atoms with Crippen LogP contribution in [0.5, 0.6) is 0 Å². The molecule has 2 unspecified atom stereocenters. The highest BCUT2D eigenvalue weighted by Crippen LogP contribution is 2.42. The average molecular weight is 523 g/mol. The zero-order valence-electron chi connectivity index (χ0n) is 19.0. The second-order valence-electron chi connectivity index (χ2n) is 8.43. The molecule has 5 rings (SSSR count). The smallest absolute Gasteiger partial charge is 0.336 e. The summed E-state index contributed by atoms with van der Waals surface area (Å²) in [6.07, 6.45) is 1.40. The van der Waals surface area contributed by atoms with Gasteiger partial charge in [0, 0.05) is 5.02 Å². The van der Waals surface area contributed by atoms with Gasteiger partial charge in [-0.1, -0.05) is 72.8 Å². The van der Waals surface area contributed by atoms with Gasteiger partial charge in [-0.25, -0.2) is 9.78 Å². The predicted molar refractivity (Wildman–Crippen MR) is 142 cm³/mol. The highest BCUT2D eigenvalue weighted by molar-refractivity contribution is 8.01. The molecule has 0 radical (unpaired) electrons. The number of rotatable bonds is 6. The van der Waals surface area contributed by atoms with E-state index >= 15 is 0 Å². The number of nitrogens with zero attached hydrogens (tertiary/aromatic N) is 1. The van der Waals surface area contributed by atoms with Crippen molar-refractivity contribution in [3.63, 3.8) is 0 Å². The quantitative estimate of drug-likeness (QED) is 0.227. The SMILES string of the molecule is CCC1c2ccc(-c3ccc(Cl)cc3)cc2CC1C(=O)ONC(=O)CSc1nc2ccccc2s1. The summed E-state index contributed by atoms with van der Waals surface area (Å²) in [5.41, 5.74) is 7.73. The lowest BCUT2D eigenvalue weighted by Gasteiger charge is -2.17. The number of carbonyl (C=O) groups is 2. The van der Waals surface area contributed by atoms with Gasteiger partial charge in [0.15, 0.2) is 4.34 Å². The standard InChI is InChI=1S/C27H23ClN2O3S2/c1-2-20-21-12-9-17(16-7-10-19(28)11-8-16)13-18(21)14-22(20)26(32)33-30-25(31)15-34-27-29-23-5-3-4-6-24(23)35-27/h3-13,20,22H,2,14-15H2,1H3,(H,30,31). The van der Waals surface area contributed by atoms with Gasteiger partial charge in [-0.15, -0.1) is 11.3 Å². The molecule has 0 spiro atoms. The number of thiazole rings is 1. The Morgan fingerprint density at radius 1 is 1.11 bits per heavy atom. The Balaban J connectivity index is 1.19. The van der Waals surface area contributed by atoms with Gasteiger partial charge in [-0.2, -0.15) is 5.48 Å². The monoisotopic (exact) mass is 522 g/mol. The summed E-state index contributed by atoms with van der Waals surface area (Å²) in [5, 5.41) is 0.698. The number of carbonyl (C=O) groups excluding carboxylic acids is 2. The van der Waals surface area contributed by atoms with Crippen molar-refractivity contribution < 1.29 is 14.4 Å². The zero-order chi connectivity index (χ0) is 24.4. The van der Waals surface area contributed by atoms with E-state index in [-0.39, 0.29) is 23.5 Å². The number of hydrogen-bond donors (Lipinski definition) is 1. The second-order valence-corrected chi connectivity index (χ2v) is 11.1. The first-order valence-electron chi connectivity index (χ1n) is 11.4. The largest absolute Gasteiger partial charge is 0.340 e. The van der Waals surface area contributed by atoms with Crippen molar-refractivity contribution in [1.29, 1.82) is 0 Å². The van der Waals surface area contributed by atoms with Crippen LogP contribution in [-0.4, -0.2) is 22.6 Å². The first-order chi connectivity index (χ1) is 17.0. The van der Waals surface area contributed by atoms with Crippen molar-refractivity contribution in [2.24, 2.45) is 5.92 Å². The lowest BCUT2D eigenvalue weighted by atomic mass is 9.90. The molecule has 0 aliphatic heterocycles. The number of aromatic nitrogens is 1. The molecule has 5 nitrogen and oxygen atoms in total. The van der Waals surface area contributed by atoms with Gasteiger partial charge in [0.2, 0.25) is 0 Å². The van der Waals surface area contributed by atoms with E-state index in [1.54, 1.807) is 0 Å². The van der Waals surface area contributed by atoms with Crippen LogP contribution < -0.4 is 5.48 Å². The van der Waals surface area contributed by atoms with Crippen LogP contribution in [0.25, 0.3) is 21.3 Å². The van der Waals surface area contributed by atoms with Crippen molar-refractivity contribution in [2.75, 3.05) is 5.75 Å². The Hall–Kier alpha value is -2.87. The number of hydrogen-bond acceptors (Lipinski definition) is 6. The van der Waals surface area contributed by atoms with Crippen molar-refractivity contribution >= 4 is 56.8 Å². The first-order valence-corrected chi connectivity index (χ1v) is 13.6. The number of thioether (sulfide) groups is 1. The minimum atomic E-state index is -0.403. The van der Waals surface area contributed by atoms with Gasteiger partial charge in [-0.3, -0.25) is 4.79 Å². The molecule has 4 aromatic rings. The highest BCUT2D eigenvalue weighted by Gasteiger charge is 2.37. The number of para-hydroxylation sites is 1. The van der Waals surface area contributed by atoms with Crippen LogP contribution in [0.1, 0.15) is 30.4 Å². The fourth-order valence-electron chi connectivity index (χ4n) is 4.57. The molecule has 1 aromatic heterocycles. The Labute approximate surface area is 216 Å². The van der Waals surface area contributed by atoms with Gasteiger partial charge < -0.3 is 4.84 Å². The van der Waals surface area contributed by atoms with E-state index in [4.69, 9.17) is 16.4 Å². The molecule has 1 aliphatic carbocycles. The summed E-state index contributed by atoms with van der Waals surface area (Å²) in [7, 11) is 0. The topological polar surface area (TPSA) is 68.3 Å². The molecule has 0 fully saturated rings. The molecule has 0 saturated carbocycles. The number of fused-ring (bicyclic) bond motifs is 2. The summed E-state index contributed by atoms with van der Waals surface area (Å²) in [4.78, 5) is 35.0. The molecule has 8 heteroatoms. The van der Waals surface area contributed by atoms with E-state index in [2.05, 4.69) is 35.6 Å². The third-order valence-corrected chi connectivity index (χ3v) is 8.69. The van der Waals surface area contributed by atoms with Crippen LogP contribution in [-0.2, 0) is 20.8 Å². The summed E-state index contributed by atoms with van der Waals surface area (Å²) in [6.45, 7) is 2.07. The number of amides is 1. The zero-order valence-corrected chi connectivity index (χ0v) is 21.4. The normalized spacial score (nSPS) is 16.7. The Kier molecular flexibility index (Phi) is 7.09. The predicted octanol–water partition coefficient (Wildman–Crippen LogP) is 6.65. The van der Waals surface area contributed by atoms with Crippen molar-refractivity contribution in [1.82, 2.24) is 10.5 Å². The molecule has 35 heavy (non-hydrogen) atoms. The van der Waals surface area contributed by atoms with Gasteiger partial charge in [0.25, 0.3) is 5.91 Å². The van der Waals surface area contributed by atoms with E-state index in [0.717, 1.165) is 37.7 Å².